The molecule has 2 N–H and O–H groups in total. The van der Waals surface area contributed by atoms with E-state index in [9.17, 15) is 13.2 Å². The number of hydrogen-bond donors (Lipinski definition) is 1. The van der Waals surface area contributed by atoms with Crippen LogP contribution in [0.25, 0.3) is 11.0 Å². The maximum atomic E-state index is 12.3. The number of benzene rings is 2. The van der Waals surface area contributed by atoms with Crippen molar-refractivity contribution >= 4 is 26.7 Å². The average Bonchev–Trinajstić information content (AvgIpc) is 3.19. The van der Waals surface area contributed by atoms with Gasteiger partial charge in [-0.3, -0.25) is 0 Å². The fraction of sp³-hybridized carbons (Fsp3) is 0.286. The number of aryl methyl sites for hydroxylation is 2. The van der Waals surface area contributed by atoms with Gasteiger partial charge in [0.25, 0.3) is 0 Å². The lowest BCUT2D eigenvalue weighted by molar-refractivity contribution is 0.287. The van der Waals surface area contributed by atoms with Gasteiger partial charge in [-0.05, 0) is 62.1 Å². The predicted molar refractivity (Wildman–Crippen MR) is 109 cm³/mol. The molecule has 2 aromatic carbocycles. The first-order valence-electron chi connectivity index (χ1n) is 9.44. The van der Waals surface area contributed by atoms with Crippen LogP contribution in [-0.2, 0) is 29.4 Å². The van der Waals surface area contributed by atoms with E-state index in [4.69, 9.17) is 14.3 Å². The Morgan fingerprint density at radius 3 is 2.55 bits per heavy atom. The van der Waals surface area contributed by atoms with E-state index < -0.39 is 10.0 Å². The summed E-state index contributed by atoms with van der Waals surface area (Å²) >= 11 is 0. The van der Waals surface area contributed by atoms with Gasteiger partial charge in [0.05, 0.1) is 4.90 Å². The number of sulfonamides is 1. The summed E-state index contributed by atoms with van der Waals surface area (Å²) in [5.74, 6) is 0.746. The molecule has 2 aliphatic rings. The zero-order valence-electron chi connectivity index (χ0n) is 15.9. The summed E-state index contributed by atoms with van der Waals surface area (Å²) in [4.78, 5) is 14.4. The monoisotopic (exact) mass is 412 g/mol. The Hall–Kier alpha value is -2.84. The minimum absolute atomic E-state index is 0.0759. The van der Waals surface area contributed by atoms with Gasteiger partial charge in [0.2, 0.25) is 10.0 Å². The number of ether oxygens (including phenoxy) is 1. The SMILES string of the molecule is Cc1c2c(cc3c4c(c(=O)oc13)CCC4)CN(c1ccc(S(N)(=O)=O)cc1)CO2. The van der Waals surface area contributed by atoms with Crippen molar-refractivity contribution in [2.75, 3.05) is 11.6 Å². The minimum Gasteiger partial charge on any atom is -0.472 e. The molecule has 29 heavy (non-hydrogen) atoms. The summed E-state index contributed by atoms with van der Waals surface area (Å²) in [7, 11) is -3.72. The second kappa shape index (κ2) is 6.33. The summed E-state index contributed by atoms with van der Waals surface area (Å²) in [5, 5.41) is 6.17. The van der Waals surface area contributed by atoms with Gasteiger partial charge in [0, 0.05) is 34.3 Å². The van der Waals surface area contributed by atoms with Crippen molar-refractivity contribution < 1.29 is 17.6 Å². The van der Waals surface area contributed by atoms with Crippen molar-refractivity contribution in [3.63, 3.8) is 0 Å². The van der Waals surface area contributed by atoms with E-state index in [2.05, 4.69) is 6.07 Å². The van der Waals surface area contributed by atoms with Gasteiger partial charge >= 0.3 is 5.63 Å². The molecule has 3 aromatic rings. The van der Waals surface area contributed by atoms with Crippen LogP contribution in [0.2, 0.25) is 0 Å². The molecule has 0 unspecified atom stereocenters. The lowest BCUT2D eigenvalue weighted by atomic mass is 9.99. The second-order valence-electron chi connectivity index (χ2n) is 7.58. The zero-order valence-corrected chi connectivity index (χ0v) is 16.7. The highest BCUT2D eigenvalue weighted by Crippen LogP contribution is 2.38. The molecule has 1 aliphatic heterocycles. The number of rotatable bonds is 2. The highest BCUT2D eigenvalue weighted by atomic mass is 32.2. The number of primary sulfonamides is 1. The van der Waals surface area contributed by atoms with E-state index >= 15 is 0 Å². The second-order valence-corrected chi connectivity index (χ2v) is 9.14. The van der Waals surface area contributed by atoms with Gasteiger partial charge in [-0.25, -0.2) is 18.4 Å². The summed E-state index contributed by atoms with van der Waals surface area (Å²) in [6.07, 6.45) is 2.62. The molecule has 0 bridgehead atoms. The van der Waals surface area contributed by atoms with Crippen molar-refractivity contribution in [1.82, 2.24) is 0 Å². The van der Waals surface area contributed by atoms with Crippen LogP contribution in [0, 0.1) is 6.92 Å². The lowest BCUT2D eigenvalue weighted by Crippen LogP contribution is -2.32. The summed E-state index contributed by atoms with van der Waals surface area (Å²) < 4.78 is 34.6. The molecule has 0 fully saturated rings. The topological polar surface area (TPSA) is 103 Å². The summed E-state index contributed by atoms with van der Waals surface area (Å²) in [6, 6.07) is 8.49. The molecule has 1 aliphatic carbocycles. The van der Waals surface area contributed by atoms with E-state index in [1.54, 1.807) is 12.1 Å². The van der Waals surface area contributed by atoms with Crippen LogP contribution in [0.15, 0.2) is 44.4 Å². The largest absolute Gasteiger partial charge is 0.472 e. The standard InChI is InChI=1S/C21H20N2O5S/c1-12-19-13(9-18-16-3-2-4-17(16)21(24)28-20(12)18)10-23(11-27-19)14-5-7-15(8-6-14)29(22,25)26/h5-9H,2-4,10-11H2,1H3,(H2,22,25,26). The third kappa shape index (κ3) is 2.90. The van der Waals surface area contributed by atoms with Crippen LogP contribution in [0.4, 0.5) is 5.69 Å². The van der Waals surface area contributed by atoms with Gasteiger partial charge in [-0.2, -0.15) is 0 Å². The normalized spacial score (nSPS) is 15.9. The minimum atomic E-state index is -3.72. The lowest BCUT2D eigenvalue weighted by Gasteiger charge is -2.32. The van der Waals surface area contributed by atoms with Gasteiger partial charge in [0.15, 0.2) is 6.73 Å². The first kappa shape index (κ1) is 18.2. The first-order valence-corrected chi connectivity index (χ1v) is 11.0. The van der Waals surface area contributed by atoms with Gasteiger partial charge in [0.1, 0.15) is 11.3 Å². The molecule has 0 amide bonds. The van der Waals surface area contributed by atoms with E-state index in [1.807, 2.05) is 11.8 Å². The van der Waals surface area contributed by atoms with E-state index in [1.165, 1.54) is 12.1 Å². The third-order valence-corrected chi connectivity index (χ3v) is 6.71. The number of nitrogens with two attached hydrogens (primary N) is 1. The van der Waals surface area contributed by atoms with Crippen molar-refractivity contribution in [2.24, 2.45) is 5.14 Å². The maximum Gasteiger partial charge on any atom is 0.339 e. The molecule has 0 radical (unpaired) electrons. The highest BCUT2D eigenvalue weighted by Gasteiger charge is 2.26. The first-order chi connectivity index (χ1) is 13.8. The van der Waals surface area contributed by atoms with Crippen molar-refractivity contribution in [3.8, 4) is 5.75 Å². The van der Waals surface area contributed by atoms with Crippen LogP contribution >= 0.6 is 0 Å². The zero-order chi connectivity index (χ0) is 20.3. The Morgan fingerprint density at radius 2 is 1.83 bits per heavy atom. The van der Waals surface area contributed by atoms with E-state index in [0.29, 0.717) is 18.9 Å². The van der Waals surface area contributed by atoms with Crippen LogP contribution in [0.5, 0.6) is 5.75 Å². The number of anilines is 1. The quantitative estimate of drug-likeness (QED) is 0.649. The predicted octanol–water partition coefficient (Wildman–Crippen LogP) is 2.59. The fourth-order valence-corrected chi connectivity index (χ4v) is 4.87. The maximum absolute atomic E-state index is 12.3. The van der Waals surface area contributed by atoms with Crippen LogP contribution in [-0.4, -0.2) is 15.1 Å². The molecule has 5 rings (SSSR count). The van der Waals surface area contributed by atoms with Crippen molar-refractivity contribution in [3.05, 3.63) is 63.0 Å². The molecular weight excluding hydrogens is 392 g/mol. The molecule has 0 saturated heterocycles. The summed E-state index contributed by atoms with van der Waals surface area (Å²) in [6.45, 7) is 2.83. The van der Waals surface area contributed by atoms with Gasteiger partial charge in [-0.15, -0.1) is 0 Å². The average molecular weight is 412 g/mol. The van der Waals surface area contributed by atoms with E-state index in [0.717, 1.165) is 58.3 Å². The Balaban J connectivity index is 1.57. The van der Waals surface area contributed by atoms with E-state index in [-0.39, 0.29) is 10.5 Å². The molecule has 0 spiro atoms. The molecule has 2 heterocycles. The summed E-state index contributed by atoms with van der Waals surface area (Å²) in [5.41, 5.74) is 4.96. The number of fused-ring (bicyclic) bond motifs is 4. The smallest absolute Gasteiger partial charge is 0.339 e. The molecule has 150 valence electrons. The van der Waals surface area contributed by atoms with Crippen LogP contribution in [0.3, 0.4) is 0 Å². The molecular formula is C21H20N2O5S. The van der Waals surface area contributed by atoms with Gasteiger partial charge in [-0.1, -0.05) is 0 Å². The van der Waals surface area contributed by atoms with Crippen LogP contribution in [0.1, 0.15) is 28.7 Å². The molecule has 1 aromatic heterocycles. The third-order valence-electron chi connectivity index (χ3n) is 5.78. The van der Waals surface area contributed by atoms with Crippen molar-refractivity contribution in [2.45, 2.75) is 37.6 Å². The molecule has 8 heteroatoms. The Morgan fingerprint density at radius 1 is 1.10 bits per heavy atom. The Labute approximate surface area is 167 Å². The van der Waals surface area contributed by atoms with Gasteiger partial charge < -0.3 is 14.1 Å². The molecule has 0 saturated carbocycles. The molecule has 7 nitrogen and oxygen atoms in total. The Bertz CT molecular complexity index is 1310. The molecule has 0 atom stereocenters. The highest BCUT2D eigenvalue weighted by molar-refractivity contribution is 7.89. The number of hydrogen-bond acceptors (Lipinski definition) is 6. The van der Waals surface area contributed by atoms with Crippen LogP contribution < -0.4 is 20.4 Å². The van der Waals surface area contributed by atoms with Crippen molar-refractivity contribution in [1.29, 1.82) is 0 Å². The fourth-order valence-electron chi connectivity index (χ4n) is 4.35. The number of nitrogens with zero attached hydrogens (tertiary/aromatic N) is 1. The Kier molecular flexibility index (Phi) is 3.97.